The van der Waals surface area contributed by atoms with Gasteiger partial charge in [0.15, 0.2) is 5.78 Å². The van der Waals surface area contributed by atoms with Crippen LogP contribution >= 0.6 is 11.3 Å². The highest BCUT2D eigenvalue weighted by Gasteiger charge is 2.46. The standard InChI is InChI=1S/C16H13NOS/c17-10-14(15-7-4-8-19-15)16(18)13-9-12(13)11-5-2-1-3-6-11/h1-8,12-14H,9H2. The normalized spacial score (nSPS) is 22.5. The van der Waals surface area contributed by atoms with Crippen molar-refractivity contribution in [2.24, 2.45) is 5.92 Å². The molecule has 94 valence electrons. The summed E-state index contributed by atoms with van der Waals surface area (Å²) < 4.78 is 0. The fourth-order valence-corrected chi connectivity index (χ4v) is 3.29. The number of carbonyl (C=O) groups excluding carboxylic acids is 1. The van der Waals surface area contributed by atoms with Gasteiger partial charge in [0.25, 0.3) is 0 Å². The number of rotatable bonds is 4. The lowest BCUT2D eigenvalue weighted by molar-refractivity contribution is -0.120. The number of carbonyl (C=O) groups is 1. The molecule has 2 nitrogen and oxygen atoms in total. The van der Waals surface area contributed by atoms with Crippen molar-refractivity contribution in [3.63, 3.8) is 0 Å². The Morgan fingerprint density at radius 1 is 1.26 bits per heavy atom. The Kier molecular flexibility index (Phi) is 3.18. The monoisotopic (exact) mass is 267 g/mol. The Morgan fingerprint density at radius 3 is 2.68 bits per heavy atom. The summed E-state index contributed by atoms with van der Waals surface area (Å²) in [7, 11) is 0. The van der Waals surface area contributed by atoms with Gasteiger partial charge >= 0.3 is 0 Å². The Morgan fingerprint density at radius 2 is 2.05 bits per heavy atom. The lowest BCUT2D eigenvalue weighted by atomic mass is 9.97. The molecule has 1 aliphatic carbocycles. The third-order valence-electron chi connectivity index (χ3n) is 3.62. The minimum Gasteiger partial charge on any atom is -0.297 e. The molecule has 0 saturated heterocycles. The molecule has 0 aliphatic heterocycles. The number of Topliss-reactive ketones (excluding diaryl/α,β-unsaturated/α-hetero) is 1. The lowest BCUT2D eigenvalue weighted by Gasteiger charge is -2.05. The number of nitriles is 1. The molecule has 0 N–H and O–H groups in total. The summed E-state index contributed by atoms with van der Waals surface area (Å²) in [4.78, 5) is 13.3. The molecule has 1 aliphatic rings. The first-order valence-electron chi connectivity index (χ1n) is 6.33. The van der Waals surface area contributed by atoms with Gasteiger partial charge in [-0.25, -0.2) is 0 Å². The van der Waals surface area contributed by atoms with E-state index in [2.05, 4.69) is 18.2 Å². The maximum atomic E-state index is 12.4. The Bertz CT molecular complexity index is 612. The van der Waals surface area contributed by atoms with Crippen LogP contribution in [-0.4, -0.2) is 5.78 Å². The molecule has 0 radical (unpaired) electrons. The number of ketones is 1. The molecule has 0 bridgehead atoms. The van der Waals surface area contributed by atoms with Gasteiger partial charge in [-0.2, -0.15) is 5.26 Å². The van der Waals surface area contributed by atoms with Gasteiger partial charge in [0.1, 0.15) is 5.92 Å². The second-order valence-corrected chi connectivity index (χ2v) is 5.82. The molecule has 3 rings (SSSR count). The second kappa shape index (κ2) is 4.99. The van der Waals surface area contributed by atoms with Crippen LogP contribution in [0.25, 0.3) is 0 Å². The Hall–Kier alpha value is -1.92. The zero-order chi connectivity index (χ0) is 13.2. The predicted molar refractivity (Wildman–Crippen MR) is 75.0 cm³/mol. The third kappa shape index (κ3) is 2.32. The van der Waals surface area contributed by atoms with E-state index in [9.17, 15) is 10.1 Å². The van der Waals surface area contributed by atoms with Crippen molar-refractivity contribution in [3.05, 3.63) is 58.3 Å². The van der Waals surface area contributed by atoms with E-state index in [0.717, 1.165) is 11.3 Å². The summed E-state index contributed by atoms with van der Waals surface area (Å²) in [6.45, 7) is 0. The van der Waals surface area contributed by atoms with Crippen LogP contribution in [0.15, 0.2) is 47.8 Å². The summed E-state index contributed by atoms with van der Waals surface area (Å²) in [6, 6.07) is 16.0. The van der Waals surface area contributed by atoms with E-state index in [-0.39, 0.29) is 11.7 Å². The van der Waals surface area contributed by atoms with Gasteiger partial charge in [-0.05, 0) is 29.3 Å². The molecule has 1 fully saturated rings. The van der Waals surface area contributed by atoms with Crippen LogP contribution in [-0.2, 0) is 4.79 Å². The van der Waals surface area contributed by atoms with E-state index in [1.54, 1.807) is 0 Å². The summed E-state index contributed by atoms with van der Waals surface area (Å²) in [6.07, 6.45) is 0.881. The molecule has 2 aromatic rings. The summed E-state index contributed by atoms with van der Waals surface area (Å²) in [5.74, 6) is -0.170. The zero-order valence-corrected chi connectivity index (χ0v) is 11.1. The van der Waals surface area contributed by atoms with Crippen LogP contribution in [0.1, 0.15) is 28.7 Å². The van der Waals surface area contributed by atoms with Crippen molar-refractivity contribution < 1.29 is 4.79 Å². The van der Waals surface area contributed by atoms with Crippen LogP contribution < -0.4 is 0 Å². The minimum absolute atomic E-state index is 0.0224. The van der Waals surface area contributed by atoms with Crippen LogP contribution in [0.3, 0.4) is 0 Å². The van der Waals surface area contributed by atoms with Gasteiger partial charge in [0.05, 0.1) is 6.07 Å². The number of hydrogen-bond acceptors (Lipinski definition) is 3. The van der Waals surface area contributed by atoms with Crippen LogP contribution in [0.5, 0.6) is 0 Å². The highest BCUT2D eigenvalue weighted by molar-refractivity contribution is 7.10. The van der Waals surface area contributed by atoms with E-state index < -0.39 is 5.92 Å². The average molecular weight is 267 g/mol. The summed E-state index contributed by atoms with van der Waals surface area (Å²) in [5, 5.41) is 11.1. The van der Waals surface area contributed by atoms with Crippen molar-refractivity contribution in [1.82, 2.24) is 0 Å². The van der Waals surface area contributed by atoms with Gasteiger partial charge in [0.2, 0.25) is 0 Å². The lowest BCUT2D eigenvalue weighted by Crippen LogP contribution is -2.12. The van der Waals surface area contributed by atoms with E-state index in [4.69, 9.17) is 0 Å². The summed E-state index contributed by atoms with van der Waals surface area (Å²) in [5.41, 5.74) is 1.21. The molecular weight excluding hydrogens is 254 g/mol. The molecule has 3 heteroatoms. The van der Waals surface area contributed by atoms with Gasteiger partial charge in [-0.15, -0.1) is 11.3 Å². The first-order chi connectivity index (χ1) is 9.31. The predicted octanol–water partition coefficient (Wildman–Crippen LogP) is 3.73. The van der Waals surface area contributed by atoms with E-state index in [0.29, 0.717) is 5.92 Å². The SMILES string of the molecule is N#CC(C(=O)C1CC1c1ccccc1)c1cccs1. The molecule has 3 unspecified atom stereocenters. The summed E-state index contributed by atoms with van der Waals surface area (Å²) >= 11 is 1.48. The Balaban J connectivity index is 1.75. The fraction of sp³-hybridized carbons (Fsp3) is 0.250. The van der Waals surface area contributed by atoms with E-state index >= 15 is 0 Å². The molecule has 3 atom stereocenters. The number of benzene rings is 1. The molecular formula is C16H13NOS. The quantitative estimate of drug-likeness (QED) is 0.847. The first-order valence-corrected chi connectivity index (χ1v) is 7.21. The molecule has 1 heterocycles. The topological polar surface area (TPSA) is 40.9 Å². The van der Waals surface area contributed by atoms with Crippen molar-refractivity contribution >= 4 is 17.1 Å². The highest BCUT2D eigenvalue weighted by Crippen LogP contribution is 2.50. The maximum absolute atomic E-state index is 12.4. The van der Waals surface area contributed by atoms with Crippen molar-refractivity contribution in [1.29, 1.82) is 5.26 Å². The molecule has 0 amide bonds. The number of nitrogens with zero attached hydrogens (tertiary/aromatic N) is 1. The first kappa shape index (κ1) is 12.1. The van der Waals surface area contributed by atoms with E-state index in [1.807, 2.05) is 35.7 Å². The van der Waals surface area contributed by atoms with Gasteiger partial charge < -0.3 is 0 Å². The molecule has 1 aromatic carbocycles. The van der Waals surface area contributed by atoms with Crippen molar-refractivity contribution in [2.45, 2.75) is 18.3 Å². The van der Waals surface area contributed by atoms with Gasteiger partial charge in [-0.1, -0.05) is 36.4 Å². The van der Waals surface area contributed by atoms with Crippen LogP contribution in [0, 0.1) is 17.2 Å². The van der Waals surface area contributed by atoms with Crippen LogP contribution in [0.2, 0.25) is 0 Å². The van der Waals surface area contributed by atoms with Crippen molar-refractivity contribution in [2.75, 3.05) is 0 Å². The second-order valence-electron chi connectivity index (χ2n) is 4.84. The highest BCUT2D eigenvalue weighted by atomic mass is 32.1. The minimum atomic E-state index is -0.585. The molecule has 0 spiro atoms. The van der Waals surface area contributed by atoms with Crippen LogP contribution in [0.4, 0.5) is 0 Å². The molecule has 1 aromatic heterocycles. The largest absolute Gasteiger partial charge is 0.297 e. The van der Waals surface area contributed by atoms with Gasteiger partial charge in [0, 0.05) is 10.8 Å². The van der Waals surface area contributed by atoms with Crippen molar-refractivity contribution in [3.8, 4) is 6.07 Å². The smallest absolute Gasteiger partial charge is 0.158 e. The number of hydrogen-bond donors (Lipinski definition) is 0. The number of thiophene rings is 1. The average Bonchev–Trinajstić information content (AvgIpc) is 3.09. The molecule has 1 saturated carbocycles. The maximum Gasteiger partial charge on any atom is 0.158 e. The zero-order valence-electron chi connectivity index (χ0n) is 10.3. The Labute approximate surface area is 116 Å². The van der Waals surface area contributed by atoms with Gasteiger partial charge in [-0.3, -0.25) is 4.79 Å². The fourth-order valence-electron chi connectivity index (χ4n) is 2.52. The van der Waals surface area contributed by atoms with E-state index in [1.165, 1.54) is 16.9 Å². The third-order valence-corrected chi connectivity index (χ3v) is 4.56. The molecule has 19 heavy (non-hydrogen) atoms.